The van der Waals surface area contributed by atoms with E-state index in [0.29, 0.717) is 5.76 Å². The van der Waals surface area contributed by atoms with Crippen LogP contribution in [0.2, 0.25) is 0 Å². The summed E-state index contributed by atoms with van der Waals surface area (Å²) in [5.41, 5.74) is 0.145. The second-order valence-electron chi connectivity index (χ2n) is 4.52. The number of hydrogen-bond donors (Lipinski definition) is 2. The number of rotatable bonds is 4. The van der Waals surface area contributed by atoms with Crippen LogP contribution >= 0.6 is 0 Å². The summed E-state index contributed by atoms with van der Waals surface area (Å²) in [6.45, 7) is 3.21. The molecule has 2 amide bonds. The van der Waals surface area contributed by atoms with E-state index in [0.717, 1.165) is 6.07 Å². The minimum absolute atomic E-state index is 0.145. The summed E-state index contributed by atoms with van der Waals surface area (Å²) in [5.74, 6) is -0.675. The SMILES string of the molecule is Cc1cc(NC(=O)[C@@H](C)NC(=O)c2cccc(F)c2)no1. The highest BCUT2D eigenvalue weighted by molar-refractivity contribution is 6.00. The molecule has 1 aromatic heterocycles. The number of aromatic nitrogens is 1. The Morgan fingerprint density at radius 3 is 2.71 bits per heavy atom. The molecule has 1 atom stereocenters. The third kappa shape index (κ3) is 3.88. The molecule has 0 aliphatic heterocycles. The monoisotopic (exact) mass is 291 g/mol. The van der Waals surface area contributed by atoms with Gasteiger partial charge in [0.05, 0.1) is 0 Å². The Bertz CT molecular complexity index is 669. The normalized spacial score (nSPS) is 11.8. The minimum Gasteiger partial charge on any atom is -0.360 e. The van der Waals surface area contributed by atoms with Crippen LogP contribution in [0.5, 0.6) is 0 Å². The Morgan fingerprint density at radius 1 is 1.33 bits per heavy atom. The average Bonchev–Trinajstić information content (AvgIpc) is 2.84. The molecular formula is C14H14FN3O3. The Balaban J connectivity index is 1.95. The molecule has 0 saturated heterocycles. The number of benzene rings is 1. The Kier molecular flexibility index (Phi) is 4.32. The number of nitrogens with zero attached hydrogens (tertiary/aromatic N) is 1. The number of halogens is 1. The van der Waals surface area contributed by atoms with Gasteiger partial charge in [-0.05, 0) is 32.0 Å². The number of amides is 2. The number of aryl methyl sites for hydroxylation is 1. The van der Waals surface area contributed by atoms with Gasteiger partial charge in [0.1, 0.15) is 17.6 Å². The first kappa shape index (κ1) is 14.7. The van der Waals surface area contributed by atoms with Gasteiger partial charge in [-0.25, -0.2) is 4.39 Å². The molecule has 2 N–H and O–H groups in total. The molecule has 0 fully saturated rings. The van der Waals surface area contributed by atoms with Gasteiger partial charge in [0.25, 0.3) is 5.91 Å². The molecule has 1 aromatic carbocycles. The molecule has 21 heavy (non-hydrogen) atoms. The van der Waals surface area contributed by atoms with Crippen LogP contribution in [0.4, 0.5) is 10.2 Å². The zero-order chi connectivity index (χ0) is 15.4. The van der Waals surface area contributed by atoms with Gasteiger partial charge in [0, 0.05) is 11.6 Å². The number of carbonyl (C=O) groups excluding carboxylic acids is 2. The summed E-state index contributed by atoms with van der Waals surface area (Å²) in [7, 11) is 0. The molecule has 7 heteroatoms. The fraction of sp³-hybridized carbons (Fsp3) is 0.214. The molecular weight excluding hydrogens is 277 g/mol. The molecule has 0 aliphatic rings. The third-order valence-electron chi connectivity index (χ3n) is 2.71. The molecule has 6 nitrogen and oxygen atoms in total. The van der Waals surface area contributed by atoms with Gasteiger partial charge in [0.2, 0.25) is 5.91 Å². The summed E-state index contributed by atoms with van der Waals surface area (Å²) < 4.78 is 17.9. The first-order chi connectivity index (χ1) is 9.95. The minimum atomic E-state index is -0.808. The van der Waals surface area contributed by atoms with Crippen LogP contribution in [0.25, 0.3) is 0 Å². The van der Waals surface area contributed by atoms with E-state index in [9.17, 15) is 14.0 Å². The maximum atomic E-state index is 13.0. The van der Waals surface area contributed by atoms with E-state index in [-0.39, 0.29) is 11.4 Å². The highest BCUT2D eigenvalue weighted by atomic mass is 19.1. The van der Waals surface area contributed by atoms with Gasteiger partial charge in [-0.3, -0.25) is 9.59 Å². The lowest BCUT2D eigenvalue weighted by Crippen LogP contribution is -2.41. The summed E-state index contributed by atoms with van der Waals surface area (Å²) in [4.78, 5) is 23.8. The van der Waals surface area contributed by atoms with E-state index in [1.165, 1.54) is 25.1 Å². The molecule has 110 valence electrons. The molecule has 2 aromatic rings. The van der Waals surface area contributed by atoms with E-state index in [1.54, 1.807) is 13.0 Å². The van der Waals surface area contributed by atoms with Crippen molar-refractivity contribution in [3.63, 3.8) is 0 Å². The standard InChI is InChI=1S/C14H14FN3O3/c1-8-6-12(18-21-8)17-13(19)9(2)16-14(20)10-4-3-5-11(15)7-10/h3-7,9H,1-2H3,(H,16,20)(H,17,18,19)/t9-/m1/s1. The summed E-state index contributed by atoms with van der Waals surface area (Å²) in [6.07, 6.45) is 0. The van der Waals surface area contributed by atoms with Crippen LogP contribution in [0, 0.1) is 12.7 Å². The summed E-state index contributed by atoms with van der Waals surface area (Å²) in [5, 5.41) is 8.59. The maximum absolute atomic E-state index is 13.0. The highest BCUT2D eigenvalue weighted by Gasteiger charge is 2.18. The lowest BCUT2D eigenvalue weighted by atomic mass is 10.2. The molecule has 0 unspecified atom stereocenters. The van der Waals surface area contributed by atoms with Crippen molar-refractivity contribution in [2.75, 3.05) is 5.32 Å². The number of hydrogen-bond acceptors (Lipinski definition) is 4. The zero-order valence-electron chi connectivity index (χ0n) is 11.5. The zero-order valence-corrected chi connectivity index (χ0v) is 11.5. The predicted molar refractivity (Wildman–Crippen MR) is 73.2 cm³/mol. The highest BCUT2D eigenvalue weighted by Crippen LogP contribution is 2.08. The fourth-order valence-electron chi connectivity index (χ4n) is 1.64. The van der Waals surface area contributed by atoms with Gasteiger partial charge in [-0.15, -0.1) is 0 Å². The Labute approximate surface area is 120 Å². The third-order valence-corrected chi connectivity index (χ3v) is 2.71. The van der Waals surface area contributed by atoms with Gasteiger partial charge < -0.3 is 15.2 Å². The molecule has 0 saturated carbocycles. The van der Waals surface area contributed by atoms with E-state index >= 15 is 0 Å². The van der Waals surface area contributed by atoms with Crippen molar-refractivity contribution in [3.8, 4) is 0 Å². The first-order valence-electron chi connectivity index (χ1n) is 6.26. The van der Waals surface area contributed by atoms with Crippen molar-refractivity contribution in [1.82, 2.24) is 10.5 Å². The van der Waals surface area contributed by atoms with Crippen LogP contribution < -0.4 is 10.6 Å². The number of anilines is 1. The van der Waals surface area contributed by atoms with E-state index < -0.39 is 23.7 Å². The van der Waals surface area contributed by atoms with Crippen molar-refractivity contribution in [1.29, 1.82) is 0 Å². The van der Waals surface area contributed by atoms with Crippen molar-refractivity contribution < 1.29 is 18.5 Å². The Morgan fingerprint density at radius 2 is 2.10 bits per heavy atom. The Hall–Kier alpha value is -2.70. The molecule has 2 rings (SSSR count). The quantitative estimate of drug-likeness (QED) is 0.900. The van der Waals surface area contributed by atoms with Crippen molar-refractivity contribution >= 4 is 17.6 Å². The van der Waals surface area contributed by atoms with Crippen LogP contribution in [0.1, 0.15) is 23.0 Å². The fourth-order valence-corrected chi connectivity index (χ4v) is 1.64. The summed E-state index contributed by atoms with van der Waals surface area (Å²) >= 11 is 0. The topological polar surface area (TPSA) is 84.2 Å². The van der Waals surface area contributed by atoms with Gasteiger partial charge in [-0.1, -0.05) is 11.2 Å². The van der Waals surface area contributed by atoms with Crippen molar-refractivity contribution in [2.24, 2.45) is 0 Å². The lowest BCUT2D eigenvalue weighted by molar-refractivity contribution is -0.117. The van der Waals surface area contributed by atoms with Gasteiger partial charge >= 0.3 is 0 Å². The van der Waals surface area contributed by atoms with Crippen molar-refractivity contribution in [2.45, 2.75) is 19.9 Å². The molecule has 0 spiro atoms. The smallest absolute Gasteiger partial charge is 0.252 e. The van der Waals surface area contributed by atoms with Crippen LogP contribution in [0.3, 0.4) is 0 Å². The van der Waals surface area contributed by atoms with Crippen LogP contribution in [-0.2, 0) is 4.79 Å². The van der Waals surface area contributed by atoms with Crippen molar-refractivity contribution in [3.05, 3.63) is 47.5 Å². The van der Waals surface area contributed by atoms with Crippen LogP contribution in [0.15, 0.2) is 34.9 Å². The second kappa shape index (κ2) is 6.17. The first-order valence-corrected chi connectivity index (χ1v) is 6.26. The molecule has 0 radical (unpaired) electrons. The van der Waals surface area contributed by atoms with E-state index in [4.69, 9.17) is 4.52 Å². The predicted octanol–water partition coefficient (Wildman–Crippen LogP) is 1.88. The average molecular weight is 291 g/mol. The lowest BCUT2D eigenvalue weighted by Gasteiger charge is -2.12. The van der Waals surface area contributed by atoms with E-state index in [2.05, 4.69) is 15.8 Å². The van der Waals surface area contributed by atoms with Crippen LogP contribution in [-0.4, -0.2) is 23.0 Å². The molecule has 1 heterocycles. The van der Waals surface area contributed by atoms with Gasteiger partial charge in [-0.2, -0.15) is 0 Å². The number of nitrogens with one attached hydrogen (secondary N) is 2. The molecule has 0 bridgehead atoms. The second-order valence-corrected chi connectivity index (χ2v) is 4.52. The van der Waals surface area contributed by atoms with Gasteiger partial charge in [0.15, 0.2) is 5.82 Å². The molecule has 0 aliphatic carbocycles. The van der Waals surface area contributed by atoms with E-state index in [1.807, 2.05) is 0 Å². The summed E-state index contributed by atoms with van der Waals surface area (Å²) in [6, 6.07) is 5.97. The number of carbonyl (C=O) groups is 2. The maximum Gasteiger partial charge on any atom is 0.252 e. The largest absolute Gasteiger partial charge is 0.360 e.